The third kappa shape index (κ3) is 12.3. The van der Waals surface area contributed by atoms with Crippen molar-refractivity contribution in [2.45, 2.75) is 45.1 Å². The Hall–Kier alpha value is -6.64. The summed E-state index contributed by atoms with van der Waals surface area (Å²) in [5, 5.41) is 21.7. The number of ether oxygens (including phenoxy) is 4. The SMILES string of the molecule is CC[C@@]1(O)C(=O)OCc2c1cc1n(c2=O)Cc2cc3c(CN(C)C)c(OC(=O)NCCNC(=O)CNC(=O)CNC(=O)CCN(CCN4C(=O)C=CC4=O)S(=O)(=O)CCOCCOC)ccc3nc2-1. The molecular formula is C44H55N9O15S. The van der Waals surface area contributed by atoms with E-state index < -0.39 is 81.6 Å². The maximum absolute atomic E-state index is 13.6. The molecule has 69 heavy (non-hydrogen) atoms. The monoisotopic (exact) mass is 981 g/mol. The first-order chi connectivity index (χ1) is 32.9. The first-order valence-corrected chi connectivity index (χ1v) is 23.6. The van der Waals surface area contributed by atoms with Gasteiger partial charge in [0.05, 0.1) is 67.7 Å². The third-order valence-electron chi connectivity index (χ3n) is 11.4. The number of aromatic nitrogens is 2. The zero-order chi connectivity index (χ0) is 50.0. The molecule has 5 heterocycles. The Bertz CT molecular complexity index is 2710. The quantitative estimate of drug-likeness (QED) is 0.0294. The Morgan fingerprint density at radius 3 is 2.30 bits per heavy atom. The van der Waals surface area contributed by atoms with Crippen molar-refractivity contribution in [1.29, 1.82) is 0 Å². The number of nitrogens with zero attached hydrogens (tertiary/aromatic N) is 5. The second kappa shape index (κ2) is 22.6. The number of hydrogen-bond donors (Lipinski definition) is 5. The summed E-state index contributed by atoms with van der Waals surface area (Å²) >= 11 is 0. The molecule has 0 radical (unpaired) electrons. The predicted molar refractivity (Wildman–Crippen MR) is 244 cm³/mol. The van der Waals surface area contributed by atoms with Crippen LogP contribution in [-0.4, -0.2) is 171 Å². The molecule has 0 saturated heterocycles. The van der Waals surface area contributed by atoms with Crippen LogP contribution >= 0.6 is 0 Å². The number of rotatable bonds is 24. The van der Waals surface area contributed by atoms with E-state index in [9.17, 15) is 51.9 Å². The number of pyridine rings is 2. The van der Waals surface area contributed by atoms with Gasteiger partial charge < -0.3 is 54.8 Å². The summed E-state index contributed by atoms with van der Waals surface area (Å²) < 4.78 is 49.7. The van der Waals surface area contributed by atoms with Gasteiger partial charge in [-0.25, -0.2) is 23.0 Å². The largest absolute Gasteiger partial charge is 0.458 e. The van der Waals surface area contributed by atoms with E-state index in [1.807, 2.05) is 25.1 Å². The van der Waals surface area contributed by atoms with Crippen LogP contribution in [0.25, 0.3) is 22.3 Å². The van der Waals surface area contributed by atoms with E-state index in [0.717, 1.165) is 21.4 Å². The number of esters is 1. The number of hydrogen-bond acceptors (Lipinski definition) is 17. The fourth-order valence-corrected chi connectivity index (χ4v) is 9.07. The fourth-order valence-electron chi connectivity index (χ4n) is 7.76. The molecule has 2 aromatic heterocycles. The van der Waals surface area contributed by atoms with Gasteiger partial charge in [0.15, 0.2) is 5.60 Å². The second-order valence-corrected chi connectivity index (χ2v) is 18.5. The number of sulfonamides is 1. The van der Waals surface area contributed by atoms with E-state index >= 15 is 0 Å². The summed E-state index contributed by atoms with van der Waals surface area (Å²) in [5.74, 6) is -4.18. The number of fused-ring (bicyclic) bond motifs is 5. The molecule has 6 amide bonds. The van der Waals surface area contributed by atoms with E-state index in [1.54, 1.807) is 25.1 Å². The van der Waals surface area contributed by atoms with Crippen LogP contribution in [0.4, 0.5) is 4.79 Å². The van der Waals surface area contributed by atoms with Crippen molar-refractivity contribution in [3.05, 3.63) is 69.0 Å². The molecule has 0 saturated carbocycles. The number of carbonyl (C=O) groups is 7. The minimum Gasteiger partial charge on any atom is -0.458 e. The number of methoxy groups -OCH3 is 1. The molecule has 3 aliphatic heterocycles. The third-order valence-corrected chi connectivity index (χ3v) is 13.3. The van der Waals surface area contributed by atoms with Gasteiger partial charge in [-0.1, -0.05) is 6.92 Å². The Balaban J connectivity index is 0.953. The zero-order valence-corrected chi connectivity index (χ0v) is 39.4. The number of nitrogens with one attached hydrogen (secondary N) is 4. The average Bonchev–Trinajstić information content (AvgIpc) is 3.84. The van der Waals surface area contributed by atoms with Crippen molar-refractivity contribution < 1.29 is 66.0 Å². The fraction of sp³-hybridized carbons (Fsp3) is 0.477. The van der Waals surface area contributed by atoms with Gasteiger partial charge in [0.2, 0.25) is 27.7 Å². The van der Waals surface area contributed by atoms with Gasteiger partial charge in [0.1, 0.15) is 12.4 Å². The van der Waals surface area contributed by atoms with Gasteiger partial charge in [0, 0.05) is 87.0 Å². The van der Waals surface area contributed by atoms with Crippen LogP contribution in [0.5, 0.6) is 5.75 Å². The highest BCUT2D eigenvalue weighted by Gasteiger charge is 2.45. The summed E-state index contributed by atoms with van der Waals surface area (Å²) in [6.07, 6.45) is 0.979. The molecule has 24 nitrogen and oxygen atoms in total. The van der Waals surface area contributed by atoms with Gasteiger partial charge in [-0.3, -0.25) is 33.7 Å². The Morgan fingerprint density at radius 1 is 0.913 bits per heavy atom. The molecule has 6 rings (SSSR count). The highest BCUT2D eigenvalue weighted by molar-refractivity contribution is 7.89. The van der Waals surface area contributed by atoms with Crippen molar-refractivity contribution in [2.24, 2.45) is 0 Å². The average molecular weight is 982 g/mol. The molecule has 0 unspecified atom stereocenters. The van der Waals surface area contributed by atoms with Crippen LogP contribution < -0.4 is 31.6 Å². The van der Waals surface area contributed by atoms with Crippen LogP contribution in [0.15, 0.2) is 41.2 Å². The van der Waals surface area contributed by atoms with Crippen molar-refractivity contribution in [1.82, 2.24) is 44.9 Å². The van der Waals surface area contributed by atoms with Gasteiger partial charge in [-0.15, -0.1) is 0 Å². The molecule has 3 aromatic rings. The van der Waals surface area contributed by atoms with Gasteiger partial charge in [-0.2, -0.15) is 4.31 Å². The standard InChI is InChI=1S/C44H55N9O15S/c1-5-44(62)31-21-33-40-27(24-53(33)41(59)30(31)26-67-42(44)60)20-28-29(25-50(2)3)34(7-6-32(28)49-40)68-43(61)46-12-11-45-36(55)22-48-37(56)23-47-35(54)10-13-51(14-15-52-38(57)8-9-39(52)58)69(63,64)19-18-66-17-16-65-4/h6-9,20-21,62H,5,10-19,22-26H2,1-4H3,(H,45,55)(H,46,61)(H,47,54)(H,48,56)/t44-/m0/s1. The molecule has 3 aliphatic rings. The van der Waals surface area contributed by atoms with E-state index in [1.165, 1.54) is 11.7 Å². The molecule has 1 atom stereocenters. The molecule has 0 aliphatic carbocycles. The second-order valence-electron chi connectivity index (χ2n) is 16.4. The summed E-state index contributed by atoms with van der Waals surface area (Å²) in [5.41, 5.74) is 0.933. The summed E-state index contributed by atoms with van der Waals surface area (Å²) in [4.78, 5) is 108. The van der Waals surface area contributed by atoms with Crippen molar-refractivity contribution in [3.63, 3.8) is 0 Å². The molecule has 0 fully saturated rings. The lowest BCUT2D eigenvalue weighted by Crippen LogP contribution is -2.45. The van der Waals surface area contributed by atoms with Crippen LogP contribution in [-0.2, 0) is 78.3 Å². The number of carbonyl (C=O) groups excluding carboxylic acids is 7. The zero-order valence-electron chi connectivity index (χ0n) is 38.6. The summed E-state index contributed by atoms with van der Waals surface area (Å²) in [6.45, 7) is 0.249. The van der Waals surface area contributed by atoms with Gasteiger partial charge >= 0.3 is 12.1 Å². The van der Waals surface area contributed by atoms with Crippen molar-refractivity contribution in [3.8, 4) is 17.1 Å². The number of cyclic esters (lactones) is 1. The van der Waals surface area contributed by atoms with Crippen LogP contribution in [0, 0.1) is 0 Å². The molecule has 1 aromatic carbocycles. The predicted octanol–water partition coefficient (Wildman–Crippen LogP) is -1.81. The Kier molecular flexibility index (Phi) is 17.0. The Labute approximate surface area is 396 Å². The molecule has 5 N–H and O–H groups in total. The van der Waals surface area contributed by atoms with Gasteiger partial charge in [-0.05, 0) is 44.8 Å². The smallest absolute Gasteiger partial charge is 0.412 e. The van der Waals surface area contributed by atoms with Crippen molar-refractivity contribution >= 4 is 62.5 Å². The minimum absolute atomic E-state index is 0.0130. The number of benzene rings is 1. The molecule has 0 bridgehead atoms. The normalized spacial score (nSPS) is 16.1. The van der Waals surface area contributed by atoms with E-state index in [-0.39, 0.29) is 95.4 Å². The number of amides is 6. The summed E-state index contributed by atoms with van der Waals surface area (Å²) in [6, 6.07) is 6.78. The topological polar surface area (TPSA) is 304 Å². The first-order valence-electron chi connectivity index (χ1n) is 22.0. The minimum atomic E-state index is -4.00. The highest BCUT2D eigenvalue weighted by atomic mass is 32.2. The Morgan fingerprint density at radius 2 is 1.61 bits per heavy atom. The molecular weight excluding hydrogens is 927 g/mol. The van der Waals surface area contributed by atoms with E-state index in [0.29, 0.717) is 40.0 Å². The van der Waals surface area contributed by atoms with E-state index in [2.05, 4.69) is 21.3 Å². The number of imide groups is 1. The highest BCUT2D eigenvalue weighted by Crippen LogP contribution is 2.40. The lowest BCUT2D eigenvalue weighted by Gasteiger charge is -2.31. The van der Waals surface area contributed by atoms with Crippen LogP contribution in [0.3, 0.4) is 0 Å². The molecule has 25 heteroatoms. The molecule has 372 valence electrons. The van der Waals surface area contributed by atoms with Gasteiger partial charge in [0.25, 0.3) is 17.4 Å². The first kappa shape index (κ1) is 51.7. The number of aliphatic hydroxyl groups is 1. The lowest BCUT2D eigenvalue weighted by molar-refractivity contribution is -0.172. The van der Waals surface area contributed by atoms with Crippen molar-refractivity contribution in [2.75, 3.05) is 92.6 Å². The molecule has 0 spiro atoms. The maximum atomic E-state index is 13.6. The maximum Gasteiger partial charge on any atom is 0.412 e. The van der Waals surface area contributed by atoms with Crippen LogP contribution in [0.2, 0.25) is 0 Å². The lowest BCUT2D eigenvalue weighted by atomic mass is 9.86. The van der Waals surface area contributed by atoms with Crippen LogP contribution in [0.1, 0.15) is 42.0 Å². The summed E-state index contributed by atoms with van der Waals surface area (Å²) in [7, 11) is 1.14. The van der Waals surface area contributed by atoms with E-state index in [4.69, 9.17) is 23.9 Å².